The third-order valence-electron chi connectivity index (χ3n) is 4.08. The standard InChI is InChI=1S/C15H22N2O3S/c1-11-5-7-17(8-6-11)21(18,19)15-9-14(20-12(15)2)10-16-13-3-4-13/h5,9,13,16H,3-4,6-8,10H2,1-2H3. The second-order valence-electron chi connectivity index (χ2n) is 5.95. The van der Waals surface area contributed by atoms with Gasteiger partial charge in [0.25, 0.3) is 0 Å². The average Bonchev–Trinajstić information content (AvgIpc) is 3.19. The third-order valence-corrected chi connectivity index (χ3v) is 6.05. The Kier molecular flexibility index (Phi) is 3.94. The van der Waals surface area contributed by atoms with E-state index in [1.54, 1.807) is 13.0 Å². The van der Waals surface area contributed by atoms with Gasteiger partial charge < -0.3 is 9.73 Å². The molecule has 6 heteroatoms. The van der Waals surface area contributed by atoms with E-state index >= 15 is 0 Å². The molecular weight excluding hydrogens is 288 g/mol. The van der Waals surface area contributed by atoms with Crippen LogP contribution in [0.1, 0.15) is 37.7 Å². The molecule has 1 N–H and O–H groups in total. The molecular formula is C15H22N2O3S. The lowest BCUT2D eigenvalue weighted by Gasteiger charge is -2.24. The molecule has 0 atom stereocenters. The number of nitrogens with one attached hydrogen (secondary N) is 1. The third kappa shape index (κ3) is 3.22. The van der Waals surface area contributed by atoms with Crippen LogP contribution >= 0.6 is 0 Å². The summed E-state index contributed by atoms with van der Waals surface area (Å²) >= 11 is 0. The van der Waals surface area contributed by atoms with Gasteiger partial charge in [0.15, 0.2) is 0 Å². The summed E-state index contributed by atoms with van der Waals surface area (Å²) in [5.74, 6) is 1.18. The first-order chi connectivity index (χ1) is 9.96. The Morgan fingerprint density at radius 3 is 2.76 bits per heavy atom. The highest BCUT2D eigenvalue weighted by Gasteiger charge is 2.29. The van der Waals surface area contributed by atoms with Gasteiger partial charge in [-0.15, -0.1) is 0 Å². The monoisotopic (exact) mass is 310 g/mol. The minimum Gasteiger partial charge on any atom is -0.464 e. The van der Waals surface area contributed by atoms with E-state index in [2.05, 4.69) is 5.32 Å². The Morgan fingerprint density at radius 2 is 2.14 bits per heavy atom. The van der Waals surface area contributed by atoms with Crippen LogP contribution in [0.15, 0.2) is 27.0 Å². The van der Waals surface area contributed by atoms with Crippen molar-refractivity contribution >= 4 is 10.0 Å². The van der Waals surface area contributed by atoms with Gasteiger partial charge in [-0.2, -0.15) is 4.31 Å². The summed E-state index contributed by atoms with van der Waals surface area (Å²) in [5.41, 5.74) is 1.25. The van der Waals surface area contributed by atoms with E-state index in [-0.39, 0.29) is 0 Å². The smallest absolute Gasteiger partial charge is 0.246 e. The minimum atomic E-state index is -3.45. The average molecular weight is 310 g/mol. The van der Waals surface area contributed by atoms with Crippen LogP contribution in [0.3, 0.4) is 0 Å². The fourth-order valence-electron chi connectivity index (χ4n) is 2.51. The van der Waals surface area contributed by atoms with Gasteiger partial charge in [-0.25, -0.2) is 8.42 Å². The Bertz CT molecular complexity index is 656. The lowest BCUT2D eigenvalue weighted by molar-refractivity contribution is 0.426. The first-order valence-corrected chi connectivity index (χ1v) is 8.89. The molecule has 5 nitrogen and oxygen atoms in total. The second kappa shape index (κ2) is 5.59. The highest BCUT2D eigenvalue weighted by molar-refractivity contribution is 7.89. The van der Waals surface area contributed by atoms with Gasteiger partial charge in [0.05, 0.1) is 6.54 Å². The number of furan rings is 1. The van der Waals surface area contributed by atoms with Crippen molar-refractivity contribution in [1.82, 2.24) is 9.62 Å². The fraction of sp³-hybridized carbons (Fsp3) is 0.600. The molecule has 0 bridgehead atoms. The molecule has 0 radical (unpaired) electrons. The Labute approximate surface area is 126 Å². The maximum Gasteiger partial charge on any atom is 0.246 e. The molecule has 3 rings (SSSR count). The molecule has 1 saturated carbocycles. The van der Waals surface area contributed by atoms with E-state index in [1.807, 2.05) is 13.0 Å². The van der Waals surface area contributed by atoms with Crippen LogP contribution in [-0.4, -0.2) is 31.9 Å². The normalized spacial score (nSPS) is 20.6. The van der Waals surface area contributed by atoms with Gasteiger partial charge in [-0.3, -0.25) is 0 Å². The number of hydrogen-bond acceptors (Lipinski definition) is 4. The number of nitrogens with zero attached hydrogens (tertiary/aromatic N) is 1. The zero-order valence-electron chi connectivity index (χ0n) is 12.6. The number of rotatable bonds is 5. The summed E-state index contributed by atoms with van der Waals surface area (Å²) in [6.45, 7) is 5.35. The summed E-state index contributed by atoms with van der Waals surface area (Å²) in [6.07, 6.45) is 5.17. The van der Waals surface area contributed by atoms with E-state index in [9.17, 15) is 8.42 Å². The van der Waals surface area contributed by atoms with Crippen molar-refractivity contribution in [2.24, 2.45) is 0 Å². The molecule has 2 aliphatic rings. The van der Waals surface area contributed by atoms with Gasteiger partial charge in [0, 0.05) is 25.2 Å². The SMILES string of the molecule is CC1=CCN(S(=O)(=O)c2cc(CNC3CC3)oc2C)CC1. The molecule has 1 aromatic rings. The molecule has 0 spiro atoms. The highest BCUT2D eigenvalue weighted by atomic mass is 32.2. The van der Waals surface area contributed by atoms with Gasteiger partial charge in [-0.1, -0.05) is 11.6 Å². The molecule has 0 aromatic carbocycles. The number of sulfonamides is 1. The second-order valence-corrected chi connectivity index (χ2v) is 7.86. The number of aryl methyl sites for hydroxylation is 1. The van der Waals surface area contributed by atoms with Crippen LogP contribution in [-0.2, 0) is 16.6 Å². The van der Waals surface area contributed by atoms with Crippen LogP contribution in [0.2, 0.25) is 0 Å². The predicted molar refractivity (Wildman–Crippen MR) is 80.4 cm³/mol. The Morgan fingerprint density at radius 1 is 1.38 bits per heavy atom. The lowest BCUT2D eigenvalue weighted by Crippen LogP contribution is -2.34. The van der Waals surface area contributed by atoms with Crippen molar-refractivity contribution in [3.8, 4) is 0 Å². The highest BCUT2D eigenvalue weighted by Crippen LogP contribution is 2.26. The molecule has 0 unspecified atom stereocenters. The minimum absolute atomic E-state index is 0.308. The summed E-state index contributed by atoms with van der Waals surface area (Å²) < 4.78 is 32.5. The summed E-state index contributed by atoms with van der Waals surface area (Å²) in [6, 6.07) is 2.25. The van der Waals surface area contributed by atoms with E-state index < -0.39 is 10.0 Å². The molecule has 21 heavy (non-hydrogen) atoms. The van der Waals surface area contributed by atoms with Gasteiger partial charge >= 0.3 is 0 Å². The molecule has 1 fully saturated rings. The van der Waals surface area contributed by atoms with Crippen molar-refractivity contribution < 1.29 is 12.8 Å². The van der Waals surface area contributed by atoms with Gasteiger partial charge in [0.1, 0.15) is 16.4 Å². The maximum absolute atomic E-state index is 12.7. The van der Waals surface area contributed by atoms with Crippen LogP contribution in [0, 0.1) is 6.92 Å². The van der Waals surface area contributed by atoms with Crippen molar-refractivity contribution in [1.29, 1.82) is 0 Å². The first-order valence-electron chi connectivity index (χ1n) is 7.45. The molecule has 2 heterocycles. The van der Waals surface area contributed by atoms with Gasteiger partial charge in [-0.05, 0) is 33.1 Å². The van der Waals surface area contributed by atoms with Gasteiger partial charge in [0.2, 0.25) is 10.0 Å². The Balaban J connectivity index is 1.77. The molecule has 0 saturated heterocycles. The summed E-state index contributed by atoms with van der Waals surface area (Å²) in [4.78, 5) is 0.308. The largest absolute Gasteiger partial charge is 0.464 e. The molecule has 116 valence electrons. The van der Waals surface area contributed by atoms with E-state index in [1.165, 1.54) is 22.7 Å². The first kappa shape index (κ1) is 14.8. The van der Waals surface area contributed by atoms with Crippen LogP contribution in [0.4, 0.5) is 0 Å². The van der Waals surface area contributed by atoms with Crippen molar-refractivity contribution in [3.05, 3.63) is 29.2 Å². The quantitative estimate of drug-likeness (QED) is 0.847. The lowest BCUT2D eigenvalue weighted by atomic mass is 10.1. The molecule has 1 aliphatic heterocycles. The zero-order chi connectivity index (χ0) is 15.0. The molecule has 1 aliphatic carbocycles. The topological polar surface area (TPSA) is 62.6 Å². The van der Waals surface area contributed by atoms with E-state index in [0.29, 0.717) is 42.1 Å². The summed E-state index contributed by atoms with van der Waals surface area (Å²) in [5, 5.41) is 3.34. The molecule has 1 aromatic heterocycles. The van der Waals surface area contributed by atoms with E-state index in [4.69, 9.17) is 4.42 Å². The molecule has 0 amide bonds. The van der Waals surface area contributed by atoms with Crippen LogP contribution < -0.4 is 5.32 Å². The van der Waals surface area contributed by atoms with Crippen molar-refractivity contribution in [3.63, 3.8) is 0 Å². The summed E-state index contributed by atoms with van der Waals surface area (Å²) in [7, 11) is -3.45. The van der Waals surface area contributed by atoms with Crippen LogP contribution in [0.5, 0.6) is 0 Å². The maximum atomic E-state index is 12.7. The number of hydrogen-bond donors (Lipinski definition) is 1. The zero-order valence-corrected chi connectivity index (χ0v) is 13.4. The Hall–Kier alpha value is -1.11. The predicted octanol–water partition coefficient (Wildman–Crippen LogP) is 2.18. The fourth-order valence-corrected chi connectivity index (χ4v) is 4.08. The van der Waals surface area contributed by atoms with Crippen molar-refractivity contribution in [2.45, 2.75) is 50.6 Å². The van der Waals surface area contributed by atoms with Crippen LogP contribution in [0.25, 0.3) is 0 Å². The van der Waals surface area contributed by atoms with Crippen molar-refractivity contribution in [2.75, 3.05) is 13.1 Å². The van der Waals surface area contributed by atoms with E-state index in [0.717, 1.165) is 6.42 Å².